The topological polar surface area (TPSA) is 72.1 Å². The molecule has 9 heteroatoms. The number of carbonyl (C=O) groups is 1. The van der Waals surface area contributed by atoms with Gasteiger partial charge in [0.05, 0.1) is 12.0 Å². The number of piperidine rings is 1. The van der Waals surface area contributed by atoms with Gasteiger partial charge in [-0.15, -0.1) is 10.2 Å². The molecule has 0 bridgehead atoms. The Kier molecular flexibility index (Phi) is 6.53. The fourth-order valence-electron chi connectivity index (χ4n) is 3.96. The molecule has 1 amide bonds. The third kappa shape index (κ3) is 5.52. The second-order valence-corrected chi connectivity index (χ2v) is 7.90. The number of amides is 1. The highest BCUT2D eigenvalue weighted by Crippen LogP contribution is 2.30. The van der Waals surface area contributed by atoms with E-state index in [4.69, 9.17) is 4.42 Å². The Balaban J connectivity index is 1.26. The molecule has 0 saturated carbocycles. The van der Waals surface area contributed by atoms with Crippen LogP contribution in [0.2, 0.25) is 0 Å². The molecule has 1 aromatic carbocycles. The van der Waals surface area contributed by atoms with E-state index in [-0.39, 0.29) is 24.6 Å². The predicted octanol–water partition coefficient (Wildman–Crippen LogP) is 4.41. The number of likely N-dealkylation sites (tertiary alicyclic amines) is 1. The van der Waals surface area contributed by atoms with Crippen LogP contribution in [0.4, 0.5) is 13.2 Å². The van der Waals surface area contributed by atoms with E-state index in [1.807, 2.05) is 17.0 Å². The van der Waals surface area contributed by atoms with Crippen molar-refractivity contribution in [3.8, 4) is 0 Å². The van der Waals surface area contributed by atoms with E-state index < -0.39 is 11.7 Å². The molecule has 0 N–H and O–H groups in total. The van der Waals surface area contributed by atoms with Gasteiger partial charge in [0.25, 0.3) is 0 Å². The Labute approximate surface area is 183 Å². The lowest BCUT2D eigenvalue weighted by molar-refractivity contribution is -0.137. The Bertz CT molecular complexity index is 1040. The van der Waals surface area contributed by atoms with Crippen LogP contribution in [0.1, 0.15) is 53.7 Å². The summed E-state index contributed by atoms with van der Waals surface area (Å²) in [6, 6.07) is 9.07. The molecule has 3 heterocycles. The minimum atomic E-state index is -4.40. The molecule has 3 aromatic rings. The molecule has 0 aliphatic carbocycles. The zero-order valence-corrected chi connectivity index (χ0v) is 17.4. The van der Waals surface area contributed by atoms with Gasteiger partial charge in [-0.2, -0.15) is 13.2 Å². The van der Waals surface area contributed by atoms with Crippen LogP contribution in [0.15, 0.2) is 53.2 Å². The maximum absolute atomic E-state index is 12.9. The molecular weight excluding hydrogens is 421 g/mol. The molecular formula is C23H23F3N4O2. The van der Waals surface area contributed by atoms with Gasteiger partial charge in [-0.1, -0.05) is 18.2 Å². The zero-order chi connectivity index (χ0) is 22.6. The van der Waals surface area contributed by atoms with Crippen molar-refractivity contribution in [1.29, 1.82) is 0 Å². The summed E-state index contributed by atoms with van der Waals surface area (Å²) < 4.78 is 44.1. The van der Waals surface area contributed by atoms with Gasteiger partial charge < -0.3 is 9.32 Å². The summed E-state index contributed by atoms with van der Waals surface area (Å²) in [5.74, 6) is 1.02. The van der Waals surface area contributed by atoms with Gasteiger partial charge in [0.2, 0.25) is 17.7 Å². The molecule has 1 aliphatic rings. The van der Waals surface area contributed by atoms with Crippen LogP contribution in [0.5, 0.6) is 0 Å². The number of aromatic nitrogens is 3. The maximum Gasteiger partial charge on any atom is 0.416 e. The normalized spacial score (nSPS) is 15.2. The van der Waals surface area contributed by atoms with Crippen molar-refractivity contribution in [3.05, 3.63) is 77.3 Å². The third-order valence-corrected chi connectivity index (χ3v) is 5.70. The van der Waals surface area contributed by atoms with Crippen molar-refractivity contribution in [1.82, 2.24) is 20.1 Å². The van der Waals surface area contributed by atoms with Crippen LogP contribution < -0.4 is 0 Å². The number of carbonyl (C=O) groups excluding carboxylic acids is 1. The summed E-state index contributed by atoms with van der Waals surface area (Å²) in [5.41, 5.74) is 0.975. The molecule has 168 valence electrons. The zero-order valence-electron chi connectivity index (χ0n) is 17.4. The minimum Gasteiger partial charge on any atom is -0.425 e. The number of aryl methyl sites for hydroxylation is 1. The number of nitrogens with zero attached hydrogens (tertiary/aromatic N) is 4. The number of rotatable bonds is 6. The van der Waals surface area contributed by atoms with Crippen LogP contribution in [0.25, 0.3) is 0 Å². The molecule has 4 rings (SSSR count). The number of benzene rings is 1. The van der Waals surface area contributed by atoms with Crippen LogP contribution in [-0.4, -0.2) is 39.1 Å². The number of halogens is 3. The van der Waals surface area contributed by atoms with Crippen molar-refractivity contribution >= 4 is 5.91 Å². The lowest BCUT2D eigenvalue weighted by Crippen LogP contribution is -2.38. The van der Waals surface area contributed by atoms with Crippen LogP contribution in [-0.2, 0) is 23.8 Å². The Morgan fingerprint density at radius 1 is 1.06 bits per heavy atom. The number of alkyl halides is 3. The first kappa shape index (κ1) is 22.0. The van der Waals surface area contributed by atoms with E-state index in [2.05, 4.69) is 15.2 Å². The van der Waals surface area contributed by atoms with Crippen molar-refractivity contribution < 1.29 is 22.4 Å². The smallest absolute Gasteiger partial charge is 0.416 e. The van der Waals surface area contributed by atoms with Crippen molar-refractivity contribution in [2.24, 2.45) is 0 Å². The molecule has 6 nitrogen and oxygen atoms in total. The van der Waals surface area contributed by atoms with Gasteiger partial charge in [0.15, 0.2) is 0 Å². The molecule has 1 fully saturated rings. The third-order valence-electron chi connectivity index (χ3n) is 5.70. The van der Waals surface area contributed by atoms with Gasteiger partial charge in [-0.3, -0.25) is 9.78 Å². The van der Waals surface area contributed by atoms with E-state index in [9.17, 15) is 18.0 Å². The summed E-state index contributed by atoms with van der Waals surface area (Å²) in [4.78, 5) is 18.5. The standard InChI is InChI=1S/C23H23F3N4O2/c24-23(25,26)19-3-1-2-16(14-19)15-21-29-28-20(32-21)4-5-22(31)30-12-8-18(9-13-30)17-6-10-27-11-7-17/h1-3,6-7,10-11,14,18H,4-5,8-9,12-13,15H2. The highest BCUT2D eigenvalue weighted by molar-refractivity contribution is 5.76. The Morgan fingerprint density at radius 3 is 2.50 bits per heavy atom. The lowest BCUT2D eigenvalue weighted by Gasteiger charge is -2.32. The number of hydrogen-bond acceptors (Lipinski definition) is 5. The van der Waals surface area contributed by atoms with Crippen LogP contribution >= 0.6 is 0 Å². The first-order chi connectivity index (χ1) is 15.4. The van der Waals surface area contributed by atoms with Crippen LogP contribution in [0, 0.1) is 0 Å². The minimum absolute atomic E-state index is 0.0378. The summed E-state index contributed by atoms with van der Waals surface area (Å²) in [7, 11) is 0. The predicted molar refractivity (Wildman–Crippen MR) is 110 cm³/mol. The highest BCUT2D eigenvalue weighted by Gasteiger charge is 2.30. The molecule has 1 aliphatic heterocycles. The van der Waals surface area contributed by atoms with Gasteiger partial charge in [0.1, 0.15) is 0 Å². The second kappa shape index (κ2) is 9.50. The Morgan fingerprint density at radius 2 is 1.78 bits per heavy atom. The summed E-state index contributed by atoms with van der Waals surface area (Å²) >= 11 is 0. The van der Waals surface area contributed by atoms with Gasteiger partial charge >= 0.3 is 6.18 Å². The number of pyridine rings is 1. The van der Waals surface area contributed by atoms with Crippen molar-refractivity contribution in [2.75, 3.05) is 13.1 Å². The van der Waals surface area contributed by atoms with E-state index >= 15 is 0 Å². The van der Waals surface area contributed by atoms with Gasteiger partial charge in [-0.25, -0.2) is 0 Å². The van der Waals surface area contributed by atoms with Crippen molar-refractivity contribution in [2.45, 2.75) is 44.2 Å². The molecule has 0 spiro atoms. The first-order valence-electron chi connectivity index (χ1n) is 10.5. The molecule has 2 aromatic heterocycles. The summed E-state index contributed by atoms with van der Waals surface area (Å²) in [5, 5.41) is 7.85. The second-order valence-electron chi connectivity index (χ2n) is 7.90. The molecule has 32 heavy (non-hydrogen) atoms. The van der Waals surface area contributed by atoms with E-state index in [0.717, 1.165) is 25.0 Å². The fraction of sp³-hybridized carbons (Fsp3) is 0.391. The average molecular weight is 444 g/mol. The fourth-order valence-corrected chi connectivity index (χ4v) is 3.96. The molecule has 0 atom stereocenters. The SMILES string of the molecule is O=C(CCc1nnc(Cc2cccc(C(F)(F)F)c2)o1)N1CCC(c2ccncc2)CC1. The van der Waals surface area contributed by atoms with E-state index in [1.54, 1.807) is 18.5 Å². The summed E-state index contributed by atoms with van der Waals surface area (Å²) in [6.07, 6.45) is 1.67. The molecule has 1 saturated heterocycles. The van der Waals surface area contributed by atoms with Crippen LogP contribution in [0.3, 0.4) is 0 Å². The largest absolute Gasteiger partial charge is 0.425 e. The number of hydrogen-bond donors (Lipinski definition) is 0. The first-order valence-corrected chi connectivity index (χ1v) is 10.5. The lowest BCUT2D eigenvalue weighted by atomic mass is 9.90. The monoisotopic (exact) mass is 444 g/mol. The van der Waals surface area contributed by atoms with E-state index in [0.29, 0.717) is 36.9 Å². The molecule has 0 radical (unpaired) electrons. The quantitative estimate of drug-likeness (QED) is 0.563. The highest BCUT2D eigenvalue weighted by atomic mass is 19.4. The molecule has 0 unspecified atom stereocenters. The van der Waals surface area contributed by atoms with Crippen molar-refractivity contribution in [3.63, 3.8) is 0 Å². The average Bonchev–Trinajstić information content (AvgIpc) is 3.25. The maximum atomic E-state index is 12.9. The Hall–Kier alpha value is -3.23. The van der Waals surface area contributed by atoms with Gasteiger partial charge in [-0.05, 0) is 48.1 Å². The summed E-state index contributed by atoms with van der Waals surface area (Å²) in [6.45, 7) is 1.41. The van der Waals surface area contributed by atoms with Gasteiger partial charge in [0, 0.05) is 38.3 Å². The van der Waals surface area contributed by atoms with E-state index in [1.165, 1.54) is 11.6 Å².